The first kappa shape index (κ1) is 27.9. The number of carbonyl (C=O) groups excluding carboxylic acids is 2. The molecule has 0 radical (unpaired) electrons. The molecule has 0 saturated heterocycles. The van der Waals surface area contributed by atoms with E-state index in [1.54, 1.807) is 31.2 Å². The molecule has 1 heterocycles. The summed E-state index contributed by atoms with van der Waals surface area (Å²) in [6.07, 6.45) is 1.70. The number of rotatable bonds is 10. The first-order chi connectivity index (χ1) is 16.9. The first-order valence-electron chi connectivity index (χ1n) is 11.3. The van der Waals surface area contributed by atoms with E-state index in [-0.39, 0.29) is 31.0 Å². The number of hydrogen-bond donors (Lipinski definition) is 1. The molecule has 0 bridgehead atoms. The van der Waals surface area contributed by atoms with Gasteiger partial charge >= 0.3 is 0 Å². The second kappa shape index (κ2) is 11.6. The minimum Gasteiger partial charge on any atom is -0.454 e. The van der Waals surface area contributed by atoms with E-state index < -0.39 is 28.5 Å². The minimum atomic E-state index is -3.89. The Hall–Kier alpha value is -2.69. The van der Waals surface area contributed by atoms with Crippen molar-refractivity contribution in [1.82, 2.24) is 10.2 Å². The van der Waals surface area contributed by atoms with Gasteiger partial charge in [0.15, 0.2) is 11.5 Å². The largest absolute Gasteiger partial charge is 0.454 e. The number of nitrogens with zero attached hydrogens (tertiary/aromatic N) is 2. The fourth-order valence-electron chi connectivity index (χ4n) is 3.56. The average Bonchev–Trinajstić information content (AvgIpc) is 3.29. The molecule has 0 saturated carbocycles. The van der Waals surface area contributed by atoms with Crippen LogP contribution in [0.15, 0.2) is 36.4 Å². The Morgan fingerprint density at radius 1 is 1.08 bits per heavy atom. The van der Waals surface area contributed by atoms with Crippen LogP contribution in [-0.4, -0.2) is 56.8 Å². The molecular formula is C24H29Cl2N3O6S. The van der Waals surface area contributed by atoms with Crippen LogP contribution in [0, 0.1) is 0 Å². The Kier molecular flexibility index (Phi) is 8.97. The fraction of sp³-hybridized carbons (Fsp3) is 0.417. The number of amides is 2. The summed E-state index contributed by atoms with van der Waals surface area (Å²) in [5.41, 5.74) is 0.675. The quantitative estimate of drug-likeness (QED) is 0.476. The average molecular weight is 558 g/mol. The molecule has 36 heavy (non-hydrogen) atoms. The van der Waals surface area contributed by atoms with E-state index >= 15 is 0 Å². The van der Waals surface area contributed by atoms with Crippen molar-refractivity contribution in [2.75, 3.05) is 23.9 Å². The van der Waals surface area contributed by atoms with E-state index in [1.807, 2.05) is 13.8 Å². The summed E-state index contributed by atoms with van der Waals surface area (Å²) in [6, 6.07) is 8.48. The summed E-state index contributed by atoms with van der Waals surface area (Å²) >= 11 is 12.7. The van der Waals surface area contributed by atoms with E-state index in [0.29, 0.717) is 33.5 Å². The van der Waals surface area contributed by atoms with Crippen LogP contribution in [0.5, 0.6) is 11.5 Å². The van der Waals surface area contributed by atoms with Crippen LogP contribution in [0.3, 0.4) is 0 Å². The van der Waals surface area contributed by atoms with E-state index in [9.17, 15) is 18.0 Å². The molecule has 2 aromatic rings. The first-order valence-corrected chi connectivity index (χ1v) is 13.9. The van der Waals surface area contributed by atoms with E-state index in [2.05, 4.69) is 5.32 Å². The summed E-state index contributed by atoms with van der Waals surface area (Å²) < 4.78 is 37.0. The van der Waals surface area contributed by atoms with Crippen LogP contribution in [0.25, 0.3) is 0 Å². The lowest BCUT2D eigenvalue weighted by Gasteiger charge is -2.32. The van der Waals surface area contributed by atoms with Gasteiger partial charge in [-0.1, -0.05) is 36.2 Å². The number of ether oxygens (including phenoxy) is 2. The van der Waals surface area contributed by atoms with Crippen LogP contribution >= 0.6 is 23.2 Å². The zero-order chi connectivity index (χ0) is 26.6. The molecule has 1 N–H and O–H groups in total. The van der Waals surface area contributed by atoms with Crippen LogP contribution in [0.2, 0.25) is 10.0 Å². The van der Waals surface area contributed by atoms with Gasteiger partial charge < -0.3 is 19.7 Å². The Balaban J connectivity index is 1.95. The number of hydrogen-bond acceptors (Lipinski definition) is 6. The summed E-state index contributed by atoms with van der Waals surface area (Å²) in [6.45, 7) is 4.73. The SMILES string of the molecule is CCC(C)NC(=O)C(C)N(Cc1c(Cl)cccc1Cl)C(=O)CN(c1ccc2c(c1)OCO2)S(C)(=O)=O. The Bertz CT molecular complexity index is 1220. The molecule has 9 nitrogen and oxygen atoms in total. The van der Waals surface area contributed by atoms with Gasteiger partial charge in [-0.05, 0) is 44.5 Å². The molecule has 3 rings (SSSR count). The van der Waals surface area contributed by atoms with Crippen molar-refractivity contribution < 1.29 is 27.5 Å². The highest BCUT2D eigenvalue weighted by Crippen LogP contribution is 2.36. The minimum absolute atomic E-state index is 0.0196. The van der Waals surface area contributed by atoms with Crippen molar-refractivity contribution >= 4 is 50.7 Å². The lowest BCUT2D eigenvalue weighted by molar-refractivity contribution is -0.139. The second-order valence-electron chi connectivity index (χ2n) is 8.52. The van der Waals surface area contributed by atoms with Gasteiger partial charge in [-0.15, -0.1) is 0 Å². The topological polar surface area (TPSA) is 105 Å². The van der Waals surface area contributed by atoms with Gasteiger partial charge in [0.05, 0.1) is 11.9 Å². The van der Waals surface area contributed by atoms with Gasteiger partial charge in [-0.3, -0.25) is 13.9 Å². The molecule has 2 aromatic carbocycles. The number of nitrogens with one attached hydrogen (secondary N) is 1. The summed E-state index contributed by atoms with van der Waals surface area (Å²) in [5.74, 6) is -0.144. The van der Waals surface area contributed by atoms with Gasteiger partial charge in [0.1, 0.15) is 12.6 Å². The van der Waals surface area contributed by atoms with Gasteiger partial charge in [-0.2, -0.15) is 0 Å². The number of fused-ring (bicyclic) bond motifs is 1. The third-order valence-corrected chi connectivity index (χ3v) is 7.73. The number of benzene rings is 2. The molecule has 2 atom stereocenters. The van der Waals surface area contributed by atoms with Crippen LogP contribution in [0.4, 0.5) is 5.69 Å². The molecule has 0 aromatic heterocycles. The van der Waals surface area contributed by atoms with Gasteiger partial charge in [0.25, 0.3) is 0 Å². The molecule has 12 heteroatoms. The van der Waals surface area contributed by atoms with E-state index in [1.165, 1.54) is 17.0 Å². The maximum Gasteiger partial charge on any atom is 0.244 e. The Morgan fingerprint density at radius 2 is 1.72 bits per heavy atom. The Labute approximate surface area is 221 Å². The molecule has 2 unspecified atom stereocenters. The maximum atomic E-state index is 13.6. The van der Waals surface area contributed by atoms with Crippen molar-refractivity contribution in [1.29, 1.82) is 0 Å². The van der Waals surface area contributed by atoms with Crippen LogP contribution < -0.4 is 19.1 Å². The summed E-state index contributed by atoms with van der Waals surface area (Å²) in [7, 11) is -3.89. The number of carbonyl (C=O) groups is 2. The highest BCUT2D eigenvalue weighted by molar-refractivity contribution is 7.92. The molecule has 196 valence electrons. The standard InChI is InChI=1S/C24H29Cl2N3O6S/c1-5-15(2)27-24(31)16(3)28(12-18-19(25)7-6-8-20(18)26)23(30)13-29(36(4,32)33)17-9-10-21-22(11-17)35-14-34-21/h6-11,15-16H,5,12-14H2,1-4H3,(H,27,31). The molecule has 1 aliphatic heterocycles. The molecule has 2 amide bonds. The monoisotopic (exact) mass is 557 g/mol. The van der Waals surface area contributed by atoms with Crippen molar-refractivity contribution in [3.05, 3.63) is 52.0 Å². The van der Waals surface area contributed by atoms with Crippen molar-refractivity contribution in [3.63, 3.8) is 0 Å². The Morgan fingerprint density at radius 3 is 2.33 bits per heavy atom. The third kappa shape index (κ3) is 6.54. The highest BCUT2D eigenvalue weighted by atomic mass is 35.5. The second-order valence-corrected chi connectivity index (χ2v) is 11.2. The molecule has 0 fully saturated rings. The van der Waals surface area contributed by atoms with E-state index in [0.717, 1.165) is 10.6 Å². The lowest BCUT2D eigenvalue weighted by atomic mass is 10.1. The van der Waals surface area contributed by atoms with Gasteiger partial charge in [-0.25, -0.2) is 8.42 Å². The number of anilines is 1. The highest BCUT2D eigenvalue weighted by Gasteiger charge is 2.32. The lowest BCUT2D eigenvalue weighted by Crippen LogP contribution is -2.52. The molecule has 1 aliphatic rings. The zero-order valence-electron chi connectivity index (χ0n) is 20.5. The maximum absolute atomic E-state index is 13.6. The third-order valence-electron chi connectivity index (χ3n) is 5.88. The number of halogens is 2. The van der Waals surface area contributed by atoms with Crippen LogP contribution in [-0.2, 0) is 26.2 Å². The summed E-state index contributed by atoms with van der Waals surface area (Å²) in [4.78, 5) is 27.9. The van der Waals surface area contributed by atoms with Gasteiger partial charge in [0, 0.05) is 34.3 Å². The predicted molar refractivity (Wildman–Crippen MR) is 139 cm³/mol. The summed E-state index contributed by atoms with van der Waals surface area (Å²) in [5, 5.41) is 3.51. The molecular weight excluding hydrogens is 529 g/mol. The molecule has 0 spiro atoms. The van der Waals surface area contributed by atoms with E-state index in [4.69, 9.17) is 32.7 Å². The molecule has 0 aliphatic carbocycles. The fourth-order valence-corrected chi connectivity index (χ4v) is 4.91. The van der Waals surface area contributed by atoms with Crippen molar-refractivity contribution in [2.45, 2.75) is 45.8 Å². The van der Waals surface area contributed by atoms with Crippen molar-refractivity contribution in [3.8, 4) is 11.5 Å². The van der Waals surface area contributed by atoms with Gasteiger partial charge in [0.2, 0.25) is 28.6 Å². The number of sulfonamides is 1. The smallest absolute Gasteiger partial charge is 0.244 e. The predicted octanol–water partition coefficient (Wildman–Crippen LogP) is 3.82. The normalized spacial score (nSPS) is 14.2. The van der Waals surface area contributed by atoms with Crippen LogP contribution in [0.1, 0.15) is 32.8 Å². The van der Waals surface area contributed by atoms with Crippen molar-refractivity contribution in [2.24, 2.45) is 0 Å². The zero-order valence-corrected chi connectivity index (χ0v) is 22.8.